The van der Waals surface area contributed by atoms with Gasteiger partial charge in [-0.1, -0.05) is 61.3 Å². The molecule has 1 fully saturated rings. The van der Waals surface area contributed by atoms with Crippen LogP contribution in [0, 0.1) is 5.41 Å². The fourth-order valence-corrected chi connectivity index (χ4v) is 6.05. The summed E-state index contributed by atoms with van der Waals surface area (Å²) >= 11 is 12.2. The summed E-state index contributed by atoms with van der Waals surface area (Å²) in [5, 5.41) is 16.4. The summed E-state index contributed by atoms with van der Waals surface area (Å²) < 4.78 is 13.1. The van der Waals surface area contributed by atoms with Crippen molar-refractivity contribution in [3.05, 3.63) is 75.5 Å². The van der Waals surface area contributed by atoms with E-state index in [1.165, 1.54) is 19.2 Å². The predicted octanol–water partition coefficient (Wildman–Crippen LogP) is 4.61. The van der Waals surface area contributed by atoms with Gasteiger partial charge in [0, 0.05) is 25.3 Å². The first-order valence-electron chi connectivity index (χ1n) is 13.3. The first-order chi connectivity index (χ1) is 20.1. The number of amides is 2. The van der Waals surface area contributed by atoms with Gasteiger partial charge in [0.15, 0.2) is 0 Å². The molecule has 1 aliphatic rings. The number of nitrogens with zero attached hydrogens (tertiary/aromatic N) is 1. The first kappa shape index (κ1) is 35.0. The van der Waals surface area contributed by atoms with Gasteiger partial charge in [-0.3, -0.25) is 14.4 Å². The highest BCUT2D eigenvalue weighted by atomic mass is 35.5. The summed E-state index contributed by atoms with van der Waals surface area (Å²) in [7, 11) is -0.0684. The van der Waals surface area contributed by atoms with E-state index in [0.29, 0.717) is 31.7 Å². The largest absolute Gasteiger partial charge is 0.468 e. The van der Waals surface area contributed by atoms with Crippen LogP contribution in [0.1, 0.15) is 44.0 Å². The predicted molar refractivity (Wildman–Crippen MR) is 167 cm³/mol. The number of piperidine rings is 1. The van der Waals surface area contributed by atoms with Gasteiger partial charge < -0.3 is 31.0 Å². The summed E-state index contributed by atoms with van der Waals surface area (Å²) in [6, 6.07) is 13.1. The zero-order valence-electron chi connectivity index (χ0n) is 23.9. The molecule has 228 valence electrons. The zero-order valence-corrected chi connectivity index (χ0v) is 26.4. The van der Waals surface area contributed by atoms with Gasteiger partial charge in [-0.15, -0.1) is 0 Å². The molecule has 0 spiro atoms. The summed E-state index contributed by atoms with van der Waals surface area (Å²) in [4.78, 5) is 37.6. The number of hydrogen-bond acceptors (Lipinski definition) is 9. The van der Waals surface area contributed by atoms with Crippen molar-refractivity contribution in [3.63, 3.8) is 0 Å². The molecule has 2 aromatic rings. The third kappa shape index (κ3) is 9.96. The van der Waals surface area contributed by atoms with Crippen LogP contribution in [0.4, 0.5) is 0 Å². The van der Waals surface area contributed by atoms with Crippen LogP contribution >= 0.6 is 31.7 Å². The second-order valence-electron chi connectivity index (χ2n) is 8.78. The Bertz CT molecular complexity index is 1240. The number of carbonyl (C=O) groups excluding carboxylic acids is 3. The maximum absolute atomic E-state index is 12.9. The van der Waals surface area contributed by atoms with Crippen molar-refractivity contribution in [1.82, 2.24) is 20.4 Å². The zero-order chi connectivity index (χ0) is 31.2. The second-order valence-corrected chi connectivity index (χ2v) is 11.1. The van der Waals surface area contributed by atoms with E-state index in [-0.39, 0.29) is 33.0 Å². The number of allylic oxidation sites excluding steroid dienone is 1. The Morgan fingerprint density at radius 3 is 2.21 bits per heavy atom. The van der Waals surface area contributed by atoms with Crippen LogP contribution in [0.3, 0.4) is 0 Å². The third-order valence-electron chi connectivity index (χ3n) is 5.97. The number of para-hydroxylation sites is 1. The highest BCUT2D eigenvalue weighted by Gasteiger charge is 2.31. The topological polar surface area (TPSA) is 159 Å². The molecule has 14 heteroatoms. The highest BCUT2D eigenvalue weighted by Crippen LogP contribution is 2.41. The second kappa shape index (κ2) is 17.7. The van der Waals surface area contributed by atoms with Gasteiger partial charge >= 0.3 is 5.97 Å². The number of halogens is 2. The van der Waals surface area contributed by atoms with E-state index >= 15 is 0 Å². The van der Waals surface area contributed by atoms with Crippen molar-refractivity contribution < 1.29 is 23.6 Å². The summed E-state index contributed by atoms with van der Waals surface area (Å²) in [5.41, 5.74) is 5.51. The lowest BCUT2D eigenvalue weighted by atomic mass is 10.1. The SMILES string of the molecule is CC.COC(=O)C(C)NP(Oc1ccccc1)N1CCC(NC(=O)/C(N)=C(/C=N)NC(=O)c2c(Cl)cccc2Cl)CC1. The van der Waals surface area contributed by atoms with Crippen LogP contribution in [0.2, 0.25) is 10.0 Å². The highest BCUT2D eigenvalue weighted by molar-refractivity contribution is 7.48. The minimum absolute atomic E-state index is 0.00936. The molecule has 0 saturated carbocycles. The lowest BCUT2D eigenvalue weighted by Gasteiger charge is -2.37. The summed E-state index contributed by atoms with van der Waals surface area (Å²) in [5.74, 6) is -1.06. The van der Waals surface area contributed by atoms with Crippen molar-refractivity contribution in [2.24, 2.45) is 5.73 Å². The van der Waals surface area contributed by atoms with E-state index in [4.69, 9.17) is 43.6 Å². The van der Waals surface area contributed by atoms with Crippen LogP contribution in [0.25, 0.3) is 0 Å². The molecule has 6 N–H and O–H groups in total. The van der Waals surface area contributed by atoms with Crippen LogP contribution in [0.15, 0.2) is 59.9 Å². The Labute approximate surface area is 257 Å². The number of benzene rings is 2. The van der Waals surface area contributed by atoms with E-state index in [0.717, 1.165) is 6.21 Å². The molecule has 11 nitrogen and oxygen atoms in total. The van der Waals surface area contributed by atoms with E-state index in [9.17, 15) is 14.4 Å². The number of methoxy groups -OCH3 is 1. The Hall–Kier alpha value is -3.21. The molecular formula is C28H37Cl2N6O5P. The molecule has 2 amide bonds. The summed E-state index contributed by atoms with van der Waals surface area (Å²) in [6.45, 7) is 6.83. The molecule has 2 unspecified atom stereocenters. The van der Waals surface area contributed by atoms with Gasteiger partial charge in [0.1, 0.15) is 17.5 Å². The molecule has 1 saturated heterocycles. The van der Waals surface area contributed by atoms with E-state index < -0.39 is 32.3 Å². The number of ether oxygens (including phenoxy) is 1. The first-order valence-corrected chi connectivity index (χ1v) is 15.3. The van der Waals surface area contributed by atoms with Crippen molar-refractivity contribution in [3.8, 4) is 5.75 Å². The molecule has 0 aliphatic carbocycles. The van der Waals surface area contributed by atoms with Gasteiger partial charge in [-0.25, -0.2) is 9.76 Å². The number of rotatable bonds is 11. The van der Waals surface area contributed by atoms with Crippen LogP contribution in [-0.4, -0.2) is 61.0 Å². The van der Waals surface area contributed by atoms with Crippen molar-refractivity contribution >= 4 is 55.7 Å². The number of hydrogen-bond donors (Lipinski definition) is 5. The smallest absolute Gasteiger partial charge is 0.322 e. The quantitative estimate of drug-likeness (QED) is 0.103. The molecule has 0 bridgehead atoms. The maximum atomic E-state index is 12.9. The Morgan fingerprint density at radius 2 is 1.67 bits per heavy atom. The normalized spacial score (nSPS) is 15.6. The van der Waals surface area contributed by atoms with Crippen LogP contribution < -0.4 is 26.0 Å². The van der Waals surface area contributed by atoms with Gasteiger partial charge in [0.25, 0.3) is 11.8 Å². The fourth-order valence-electron chi connectivity index (χ4n) is 3.80. The minimum atomic E-state index is -1.40. The molecule has 1 heterocycles. The Balaban J connectivity index is 0.00000301. The van der Waals surface area contributed by atoms with E-state index in [1.54, 1.807) is 13.0 Å². The lowest BCUT2D eigenvalue weighted by molar-refractivity contribution is -0.142. The average Bonchev–Trinajstić information content (AvgIpc) is 3.00. The maximum Gasteiger partial charge on any atom is 0.322 e. The minimum Gasteiger partial charge on any atom is -0.468 e. The Morgan fingerprint density at radius 1 is 1.07 bits per heavy atom. The van der Waals surface area contributed by atoms with Gasteiger partial charge in [-0.05, 0) is 44.0 Å². The molecule has 0 aromatic heterocycles. The molecular weight excluding hydrogens is 602 g/mol. The van der Waals surface area contributed by atoms with Gasteiger partial charge in [-0.2, -0.15) is 0 Å². The number of carbonyl (C=O) groups is 3. The van der Waals surface area contributed by atoms with Crippen molar-refractivity contribution in [2.45, 2.75) is 45.7 Å². The van der Waals surface area contributed by atoms with Crippen LogP contribution in [-0.2, 0) is 14.3 Å². The van der Waals surface area contributed by atoms with Gasteiger partial charge in [0.2, 0.25) is 8.45 Å². The molecule has 0 radical (unpaired) electrons. The molecule has 42 heavy (non-hydrogen) atoms. The average molecular weight is 640 g/mol. The third-order valence-corrected chi connectivity index (χ3v) is 8.51. The summed E-state index contributed by atoms with van der Waals surface area (Å²) in [6.07, 6.45) is 1.93. The molecule has 1 aliphatic heterocycles. The number of nitrogens with two attached hydrogens (primary N) is 1. The van der Waals surface area contributed by atoms with Crippen LogP contribution in [0.5, 0.6) is 5.75 Å². The monoisotopic (exact) mass is 638 g/mol. The van der Waals surface area contributed by atoms with Gasteiger partial charge in [0.05, 0.1) is 28.4 Å². The van der Waals surface area contributed by atoms with E-state index in [2.05, 4.69) is 20.4 Å². The molecule has 3 rings (SSSR count). The van der Waals surface area contributed by atoms with Crippen molar-refractivity contribution in [1.29, 1.82) is 5.41 Å². The fraction of sp³-hybridized carbons (Fsp3) is 0.357. The van der Waals surface area contributed by atoms with Crippen molar-refractivity contribution in [2.75, 3.05) is 20.2 Å². The molecule has 2 atom stereocenters. The standard InChI is InChI=1S/C26H31Cl2N6O5P.C2H6/c1-16(26(37)38-2)33-40(39-18-7-4-3-5-8-18)34-13-11-17(12-14-34)31-25(36)23(30)21(15-29)32-24(35)22-19(27)9-6-10-20(22)28;1-2/h3-10,15-17,29,33H,11-14,30H2,1-2H3,(H,31,36)(H,32,35);1-2H3/b23-21+,29-15?;. The number of esters is 1. The Kier molecular flexibility index (Phi) is 14.7. The molecule has 2 aromatic carbocycles. The van der Waals surface area contributed by atoms with E-state index in [1.807, 2.05) is 44.2 Å². The lowest BCUT2D eigenvalue weighted by Crippen LogP contribution is -2.47. The number of nitrogens with one attached hydrogen (secondary N) is 4.